The van der Waals surface area contributed by atoms with Gasteiger partial charge in [-0.15, -0.1) is 0 Å². The van der Waals surface area contributed by atoms with Crippen molar-refractivity contribution in [2.75, 3.05) is 13.1 Å². The molecule has 1 aliphatic heterocycles. The number of hydrogen-bond acceptors (Lipinski definition) is 4. The maximum Gasteiger partial charge on any atom is 0.255 e. The summed E-state index contributed by atoms with van der Waals surface area (Å²) < 4.78 is 3.56. The largest absolute Gasteiger partial charge is 0.338 e. The first kappa shape index (κ1) is 18.2. The van der Waals surface area contributed by atoms with Gasteiger partial charge >= 0.3 is 0 Å². The normalized spacial score (nSPS) is 16.9. The van der Waals surface area contributed by atoms with Crippen molar-refractivity contribution >= 4 is 5.91 Å². The number of imidazole rings is 1. The van der Waals surface area contributed by atoms with Gasteiger partial charge in [-0.2, -0.15) is 0 Å². The topological polar surface area (TPSA) is 73.0 Å². The van der Waals surface area contributed by atoms with Crippen molar-refractivity contribution in [3.63, 3.8) is 0 Å². The third kappa shape index (κ3) is 3.74. The summed E-state index contributed by atoms with van der Waals surface area (Å²) in [6, 6.07) is 8.93. The van der Waals surface area contributed by atoms with Gasteiger partial charge in [0.2, 0.25) is 5.56 Å². The van der Waals surface area contributed by atoms with Crippen molar-refractivity contribution in [1.29, 1.82) is 0 Å². The van der Waals surface area contributed by atoms with Gasteiger partial charge in [-0.3, -0.25) is 14.6 Å². The van der Waals surface area contributed by atoms with E-state index in [1.54, 1.807) is 25.5 Å². The van der Waals surface area contributed by atoms with E-state index in [2.05, 4.69) is 14.5 Å². The Bertz CT molecular complexity index is 1020. The summed E-state index contributed by atoms with van der Waals surface area (Å²) in [6.45, 7) is 2.02. The molecule has 4 heterocycles. The van der Waals surface area contributed by atoms with Gasteiger partial charge in [-0.25, -0.2) is 4.98 Å². The minimum atomic E-state index is -0.121. The van der Waals surface area contributed by atoms with Crippen LogP contribution < -0.4 is 5.56 Å². The summed E-state index contributed by atoms with van der Waals surface area (Å²) in [6.07, 6.45) is 9.11. The Balaban J connectivity index is 1.51. The lowest BCUT2D eigenvalue weighted by atomic mass is 9.96. The summed E-state index contributed by atoms with van der Waals surface area (Å²) in [5.74, 6) is 1.13. The van der Waals surface area contributed by atoms with Crippen LogP contribution in [0, 0.1) is 0 Å². The molecule has 0 bridgehead atoms. The first-order valence-corrected chi connectivity index (χ1v) is 9.49. The van der Waals surface area contributed by atoms with Crippen molar-refractivity contribution in [3.05, 3.63) is 82.6 Å². The number of pyridine rings is 2. The third-order valence-corrected chi connectivity index (χ3v) is 5.21. The fraction of sp³-hybridized carbons (Fsp3) is 0.333. The van der Waals surface area contributed by atoms with E-state index in [1.165, 1.54) is 10.6 Å². The fourth-order valence-electron chi connectivity index (χ4n) is 3.76. The van der Waals surface area contributed by atoms with Crippen molar-refractivity contribution in [1.82, 2.24) is 24.0 Å². The Morgan fingerprint density at radius 3 is 2.86 bits per heavy atom. The van der Waals surface area contributed by atoms with E-state index in [-0.39, 0.29) is 17.4 Å². The summed E-state index contributed by atoms with van der Waals surface area (Å²) in [7, 11) is 1.66. The van der Waals surface area contributed by atoms with Gasteiger partial charge in [0.05, 0.1) is 17.8 Å². The van der Waals surface area contributed by atoms with Crippen LogP contribution in [0.1, 0.15) is 40.6 Å². The second-order valence-corrected chi connectivity index (χ2v) is 7.19. The molecule has 144 valence electrons. The number of nitrogens with zero attached hydrogens (tertiary/aromatic N) is 5. The first-order valence-electron chi connectivity index (χ1n) is 9.49. The second-order valence-electron chi connectivity index (χ2n) is 7.19. The molecule has 1 atom stereocenters. The molecule has 0 saturated carbocycles. The van der Waals surface area contributed by atoms with Crippen LogP contribution in [0.3, 0.4) is 0 Å². The Morgan fingerprint density at radius 2 is 2.07 bits per heavy atom. The zero-order valence-corrected chi connectivity index (χ0v) is 15.9. The molecule has 0 unspecified atom stereocenters. The van der Waals surface area contributed by atoms with Crippen molar-refractivity contribution < 1.29 is 4.79 Å². The average Bonchev–Trinajstić information content (AvgIpc) is 3.18. The van der Waals surface area contributed by atoms with Gasteiger partial charge in [0.15, 0.2) is 0 Å². The SMILES string of the molecule is Cn1cc(C(=O)N2CCC[C@H](c3nccn3Cc3ccccn3)C2)ccc1=O. The fourth-order valence-corrected chi connectivity index (χ4v) is 3.76. The highest BCUT2D eigenvalue weighted by atomic mass is 16.2. The zero-order valence-electron chi connectivity index (χ0n) is 15.9. The molecule has 1 fully saturated rings. The van der Waals surface area contributed by atoms with E-state index in [0.29, 0.717) is 18.7 Å². The Labute approximate surface area is 163 Å². The van der Waals surface area contributed by atoms with Crippen molar-refractivity contribution in [2.45, 2.75) is 25.3 Å². The molecule has 1 saturated heterocycles. The third-order valence-electron chi connectivity index (χ3n) is 5.21. The molecular weight excluding hydrogens is 354 g/mol. The highest BCUT2D eigenvalue weighted by Gasteiger charge is 2.28. The quantitative estimate of drug-likeness (QED) is 0.698. The molecule has 28 heavy (non-hydrogen) atoms. The minimum Gasteiger partial charge on any atom is -0.338 e. The molecule has 0 radical (unpaired) electrons. The van der Waals surface area contributed by atoms with Crippen LogP contribution in [0.5, 0.6) is 0 Å². The first-order chi connectivity index (χ1) is 13.6. The lowest BCUT2D eigenvalue weighted by Crippen LogP contribution is -2.40. The van der Waals surface area contributed by atoms with Crippen LogP contribution in [-0.4, -0.2) is 43.0 Å². The highest BCUT2D eigenvalue weighted by Crippen LogP contribution is 2.27. The summed E-state index contributed by atoms with van der Waals surface area (Å²) in [5.41, 5.74) is 1.40. The van der Waals surface area contributed by atoms with Crippen LogP contribution in [0.2, 0.25) is 0 Å². The van der Waals surface area contributed by atoms with E-state index < -0.39 is 0 Å². The Hall–Kier alpha value is -3.22. The summed E-state index contributed by atoms with van der Waals surface area (Å²) >= 11 is 0. The highest BCUT2D eigenvalue weighted by molar-refractivity contribution is 5.94. The Kier molecular flexibility index (Phi) is 5.06. The van der Waals surface area contributed by atoms with Crippen LogP contribution in [-0.2, 0) is 13.6 Å². The van der Waals surface area contributed by atoms with E-state index in [9.17, 15) is 9.59 Å². The van der Waals surface area contributed by atoms with Crippen LogP contribution >= 0.6 is 0 Å². The monoisotopic (exact) mass is 377 g/mol. The molecule has 0 spiro atoms. The maximum atomic E-state index is 12.9. The number of aryl methyl sites for hydroxylation is 1. The lowest BCUT2D eigenvalue weighted by molar-refractivity contribution is 0.0702. The van der Waals surface area contributed by atoms with Gasteiger partial charge < -0.3 is 14.0 Å². The van der Waals surface area contributed by atoms with Crippen LogP contribution in [0.4, 0.5) is 0 Å². The molecular formula is C21H23N5O2. The smallest absolute Gasteiger partial charge is 0.255 e. The van der Waals surface area contributed by atoms with Crippen LogP contribution in [0.15, 0.2) is 59.9 Å². The molecule has 0 aliphatic carbocycles. The molecule has 1 aliphatic rings. The average molecular weight is 377 g/mol. The van der Waals surface area contributed by atoms with E-state index in [4.69, 9.17) is 0 Å². The standard InChI is InChI=1S/C21H23N5O2/c1-24-13-17(7-8-19(24)27)21(28)26-11-4-5-16(14-26)20-23-10-12-25(20)15-18-6-2-3-9-22-18/h2-3,6-10,12-13,16H,4-5,11,14-15H2,1H3/t16-/m0/s1. The number of piperidine rings is 1. The Morgan fingerprint density at radius 1 is 1.18 bits per heavy atom. The van der Waals surface area contributed by atoms with Gasteiger partial charge in [0.25, 0.3) is 5.91 Å². The number of amides is 1. The molecule has 0 aromatic carbocycles. The molecule has 0 N–H and O–H groups in total. The van der Waals surface area contributed by atoms with Gasteiger partial charge in [0.1, 0.15) is 5.82 Å². The van der Waals surface area contributed by atoms with E-state index in [0.717, 1.165) is 30.9 Å². The summed E-state index contributed by atoms with van der Waals surface area (Å²) in [4.78, 5) is 35.4. The lowest BCUT2D eigenvalue weighted by Gasteiger charge is -2.32. The van der Waals surface area contributed by atoms with Gasteiger partial charge in [-0.05, 0) is 31.0 Å². The second kappa shape index (κ2) is 7.80. The maximum absolute atomic E-state index is 12.9. The number of carbonyl (C=O) groups excluding carboxylic acids is 1. The van der Waals surface area contributed by atoms with E-state index in [1.807, 2.05) is 35.5 Å². The molecule has 7 heteroatoms. The van der Waals surface area contributed by atoms with Crippen molar-refractivity contribution in [3.8, 4) is 0 Å². The minimum absolute atomic E-state index is 0.0388. The molecule has 1 amide bonds. The molecule has 7 nitrogen and oxygen atoms in total. The van der Waals surface area contributed by atoms with Crippen LogP contribution in [0.25, 0.3) is 0 Å². The molecule has 3 aromatic rings. The van der Waals surface area contributed by atoms with Gasteiger partial charge in [0, 0.05) is 56.9 Å². The zero-order chi connectivity index (χ0) is 19.5. The summed E-state index contributed by atoms with van der Waals surface area (Å²) in [5, 5.41) is 0. The predicted octanol–water partition coefficient (Wildman–Crippen LogP) is 2.04. The predicted molar refractivity (Wildman–Crippen MR) is 105 cm³/mol. The van der Waals surface area contributed by atoms with E-state index >= 15 is 0 Å². The molecule has 3 aromatic heterocycles. The number of aromatic nitrogens is 4. The number of likely N-dealkylation sites (tertiary alicyclic amines) is 1. The number of hydrogen-bond donors (Lipinski definition) is 0. The van der Waals surface area contributed by atoms with Crippen molar-refractivity contribution in [2.24, 2.45) is 7.05 Å². The van der Waals surface area contributed by atoms with Gasteiger partial charge in [-0.1, -0.05) is 6.07 Å². The number of carbonyl (C=O) groups is 1. The molecule has 4 rings (SSSR count). The number of rotatable bonds is 4.